The van der Waals surface area contributed by atoms with E-state index in [1.165, 1.54) is 0 Å². The highest BCUT2D eigenvalue weighted by Gasteiger charge is 2.26. The number of carboxylic acids is 1. The highest BCUT2D eigenvalue weighted by Crippen LogP contribution is 2.24. The molecule has 0 saturated carbocycles. The lowest BCUT2D eigenvalue weighted by molar-refractivity contribution is -0.384. The van der Waals surface area contributed by atoms with E-state index in [1.807, 2.05) is 0 Å². The van der Waals surface area contributed by atoms with Crippen LogP contribution in [0.2, 0.25) is 0 Å². The molecule has 0 fully saturated rings. The zero-order valence-electron chi connectivity index (χ0n) is 10.7. The first-order valence-electron chi connectivity index (χ1n) is 5.89. The molecule has 10 heteroatoms. The van der Waals surface area contributed by atoms with Crippen LogP contribution in [0.15, 0.2) is 12.3 Å². The minimum atomic E-state index is -4.23. The van der Waals surface area contributed by atoms with Crippen molar-refractivity contribution in [1.29, 1.82) is 0 Å². The van der Waals surface area contributed by atoms with Gasteiger partial charge in [0.1, 0.15) is 0 Å². The first kappa shape index (κ1) is 16.7. The number of unbranched alkanes of at least 4 members (excludes halogenated alkanes) is 1. The van der Waals surface area contributed by atoms with Gasteiger partial charge in [0.15, 0.2) is 0 Å². The van der Waals surface area contributed by atoms with E-state index in [1.54, 1.807) is 0 Å². The highest BCUT2D eigenvalue weighted by molar-refractivity contribution is 5.88. The second-order valence-electron chi connectivity index (χ2n) is 4.15. The predicted molar refractivity (Wildman–Crippen MR) is 66.2 cm³/mol. The minimum Gasteiger partial charge on any atom is -0.478 e. The summed E-state index contributed by atoms with van der Waals surface area (Å²) < 4.78 is 35.8. The van der Waals surface area contributed by atoms with Gasteiger partial charge < -0.3 is 10.4 Å². The van der Waals surface area contributed by atoms with Crippen LogP contribution in [0.5, 0.6) is 0 Å². The second kappa shape index (κ2) is 6.86. The predicted octanol–water partition coefficient (Wildman–Crippen LogP) is 2.83. The molecule has 0 unspecified atom stereocenters. The fraction of sp³-hybridized carbons (Fsp3) is 0.455. The Balaban J connectivity index is 2.62. The number of hydrogen-bond acceptors (Lipinski definition) is 5. The largest absolute Gasteiger partial charge is 0.478 e. The molecule has 1 rings (SSSR count). The lowest BCUT2D eigenvalue weighted by atomic mass is 10.2. The average Bonchev–Trinajstić information content (AvgIpc) is 2.36. The molecule has 1 heterocycles. The van der Waals surface area contributed by atoms with E-state index >= 15 is 0 Å². The normalized spacial score (nSPS) is 11.2. The fourth-order valence-electron chi connectivity index (χ4n) is 1.50. The Morgan fingerprint density at radius 2 is 2.10 bits per heavy atom. The number of halogens is 3. The number of nitrogens with one attached hydrogen (secondary N) is 1. The van der Waals surface area contributed by atoms with Crippen LogP contribution in [0.25, 0.3) is 0 Å². The molecule has 7 nitrogen and oxygen atoms in total. The van der Waals surface area contributed by atoms with Gasteiger partial charge in [-0.15, -0.1) is 0 Å². The number of aromatic nitrogens is 1. The van der Waals surface area contributed by atoms with Crippen molar-refractivity contribution in [2.24, 2.45) is 0 Å². The Kier molecular flexibility index (Phi) is 5.44. The van der Waals surface area contributed by atoms with Crippen molar-refractivity contribution in [3.8, 4) is 0 Å². The molecule has 0 aliphatic carbocycles. The van der Waals surface area contributed by atoms with E-state index in [0.29, 0.717) is 0 Å². The van der Waals surface area contributed by atoms with Gasteiger partial charge in [0, 0.05) is 25.2 Å². The Hall–Kier alpha value is -2.39. The zero-order valence-corrected chi connectivity index (χ0v) is 10.7. The van der Waals surface area contributed by atoms with Gasteiger partial charge in [0.2, 0.25) is 5.82 Å². The number of carbonyl (C=O) groups is 1. The molecule has 0 aliphatic heterocycles. The third-order valence-electron chi connectivity index (χ3n) is 2.49. The third-order valence-corrected chi connectivity index (χ3v) is 2.49. The van der Waals surface area contributed by atoms with Gasteiger partial charge in [0.05, 0.1) is 10.5 Å². The molecule has 0 spiro atoms. The molecule has 0 radical (unpaired) electrons. The number of alkyl halides is 3. The number of nitrogens with zero attached hydrogens (tertiary/aromatic N) is 2. The summed E-state index contributed by atoms with van der Waals surface area (Å²) in [6, 6.07) is 0.841. The summed E-state index contributed by atoms with van der Waals surface area (Å²) in [6.45, 7) is 0.0658. The van der Waals surface area contributed by atoms with E-state index in [0.717, 1.165) is 12.3 Å². The summed E-state index contributed by atoms with van der Waals surface area (Å²) in [6.07, 6.45) is -4.18. The summed E-state index contributed by atoms with van der Waals surface area (Å²) >= 11 is 0. The van der Waals surface area contributed by atoms with Crippen molar-refractivity contribution < 1.29 is 28.0 Å². The van der Waals surface area contributed by atoms with Crippen molar-refractivity contribution in [2.75, 3.05) is 11.9 Å². The van der Waals surface area contributed by atoms with Crippen LogP contribution >= 0.6 is 0 Å². The molecule has 0 aromatic carbocycles. The molecular formula is C11H12F3N3O4. The van der Waals surface area contributed by atoms with Gasteiger partial charge in [-0.3, -0.25) is 10.1 Å². The summed E-state index contributed by atoms with van der Waals surface area (Å²) in [5.74, 6) is -1.53. The van der Waals surface area contributed by atoms with Crippen molar-refractivity contribution in [3.63, 3.8) is 0 Å². The Morgan fingerprint density at radius 1 is 1.43 bits per heavy atom. The van der Waals surface area contributed by atoms with Crippen molar-refractivity contribution in [1.82, 2.24) is 4.98 Å². The maximum absolute atomic E-state index is 11.9. The first-order valence-corrected chi connectivity index (χ1v) is 5.89. The molecule has 0 amide bonds. The van der Waals surface area contributed by atoms with Gasteiger partial charge >= 0.3 is 17.8 Å². The van der Waals surface area contributed by atoms with Crippen molar-refractivity contribution in [3.05, 3.63) is 27.9 Å². The minimum absolute atomic E-state index is 0.0658. The number of pyridine rings is 1. The van der Waals surface area contributed by atoms with Crippen LogP contribution in [-0.2, 0) is 0 Å². The Morgan fingerprint density at radius 3 is 2.62 bits per heavy atom. The first-order chi connectivity index (χ1) is 9.70. The summed E-state index contributed by atoms with van der Waals surface area (Å²) in [4.78, 5) is 24.3. The zero-order chi connectivity index (χ0) is 16.0. The average molecular weight is 307 g/mol. The molecule has 0 aliphatic rings. The SMILES string of the molecule is O=C(O)c1cnc(NCCCCC(F)(F)F)c([N+](=O)[O-])c1. The number of aromatic carboxylic acids is 1. The van der Waals surface area contributed by atoms with E-state index in [9.17, 15) is 28.1 Å². The molecule has 0 atom stereocenters. The lowest BCUT2D eigenvalue weighted by Crippen LogP contribution is -2.10. The van der Waals surface area contributed by atoms with Crippen LogP contribution in [0.1, 0.15) is 29.6 Å². The lowest BCUT2D eigenvalue weighted by Gasteiger charge is -2.08. The maximum atomic E-state index is 11.9. The maximum Gasteiger partial charge on any atom is 0.389 e. The Labute approximate surface area is 116 Å². The standard InChI is InChI=1S/C11H12F3N3O4/c12-11(13,14)3-1-2-4-15-9-8(17(20)21)5-7(6-16-9)10(18)19/h5-6H,1-4H2,(H,15,16)(H,18,19). The van der Waals surface area contributed by atoms with Crippen LogP contribution < -0.4 is 5.32 Å². The molecule has 1 aromatic heterocycles. The van der Waals surface area contributed by atoms with Crippen LogP contribution in [0.4, 0.5) is 24.7 Å². The quantitative estimate of drug-likeness (QED) is 0.456. The second-order valence-corrected chi connectivity index (χ2v) is 4.15. The molecular weight excluding hydrogens is 295 g/mol. The number of rotatable bonds is 7. The molecule has 0 saturated heterocycles. The van der Waals surface area contributed by atoms with Crippen molar-refractivity contribution in [2.45, 2.75) is 25.4 Å². The van der Waals surface area contributed by atoms with Gasteiger partial charge in [-0.1, -0.05) is 0 Å². The molecule has 21 heavy (non-hydrogen) atoms. The number of nitro groups is 1. The van der Waals surface area contributed by atoms with Gasteiger partial charge in [-0.2, -0.15) is 13.2 Å². The number of anilines is 1. The third kappa shape index (κ3) is 5.63. The molecule has 0 bridgehead atoms. The van der Waals surface area contributed by atoms with Crippen molar-refractivity contribution >= 4 is 17.5 Å². The Bertz CT molecular complexity index is 534. The van der Waals surface area contributed by atoms with E-state index in [2.05, 4.69) is 10.3 Å². The number of hydrogen-bond donors (Lipinski definition) is 2. The smallest absolute Gasteiger partial charge is 0.389 e. The van der Waals surface area contributed by atoms with Gasteiger partial charge in [-0.25, -0.2) is 9.78 Å². The summed E-state index contributed by atoms with van der Waals surface area (Å²) in [5.41, 5.74) is -0.880. The molecule has 2 N–H and O–H groups in total. The summed E-state index contributed by atoms with van der Waals surface area (Å²) in [5, 5.41) is 22.0. The highest BCUT2D eigenvalue weighted by atomic mass is 19.4. The molecule has 1 aromatic rings. The van der Waals surface area contributed by atoms with E-state index in [-0.39, 0.29) is 30.8 Å². The topological polar surface area (TPSA) is 105 Å². The van der Waals surface area contributed by atoms with Gasteiger partial charge in [0.25, 0.3) is 0 Å². The number of carboxylic acid groups (broad SMARTS) is 1. The molecule has 116 valence electrons. The fourth-order valence-corrected chi connectivity index (χ4v) is 1.50. The van der Waals surface area contributed by atoms with Crippen LogP contribution in [-0.4, -0.2) is 33.7 Å². The summed E-state index contributed by atoms with van der Waals surface area (Å²) in [7, 11) is 0. The van der Waals surface area contributed by atoms with Crippen LogP contribution in [0, 0.1) is 10.1 Å². The van der Waals surface area contributed by atoms with Gasteiger partial charge in [-0.05, 0) is 12.8 Å². The van der Waals surface area contributed by atoms with E-state index in [4.69, 9.17) is 5.11 Å². The van der Waals surface area contributed by atoms with E-state index < -0.39 is 29.2 Å². The van der Waals surface area contributed by atoms with Crippen LogP contribution in [0.3, 0.4) is 0 Å². The monoisotopic (exact) mass is 307 g/mol.